The number of benzene rings is 3. The number of hydrogen-bond donors (Lipinski definition) is 2. The Morgan fingerprint density at radius 2 is 1.59 bits per heavy atom. The van der Waals surface area contributed by atoms with Crippen molar-refractivity contribution in [1.29, 1.82) is 0 Å². The highest BCUT2D eigenvalue weighted by Crippen LogP contribution is 2.74. The Morgan fingerprint density at radius 3 is 2.21 bits per heavy atom. The van der Waals surface area contributed by atoms with Gasteiger partial charge in [-0.15, -0.1) is 0 Å². The van der Waals surface area contributed by atoms with E-state index in [-0.39, 0.29) is 16.3 Å². The number of amides is 2. The fourth-order valence-corrected chi connectivity index (χ4v) is 5.95. The van der Waals surface area contributed by atoms with Gasteiger partial charge in [0.05, 0.1) is 16.3 Å². The predicted octanol–water partition coefficient (Wildman–Crippen LogP) is 6.87. The van der Waals surface area contributed by atoms with Crippen molar-refractivity contribution in [3.05, 3.63) is 98.0 Å². The van der Waals surface area contributed by atoms with E-state index in [0.29, 0.717) is 15.6 Å². The molecular formula is C23H13Cl5F2N2O2. The van der Waals surface area contributed by atoms with Gasteiger partial charge in [0.15, 0.2) is 11.6 Å². The summed E-state index contributed by atoms with van der Waals surface area (Å²) in [6.07, 6.45) is 0. The Labute approximate surface area is 217 Å². The minimum absolute atomic E-state index is 0.00682. The molecule has 0 aliphatic heterocycles. The molecule has 2 unspecified atom stereocenters. The van der Waals surface area contributed by atoms with E-state index in [4.69, 9.17) is 63.7 Å². The normalized spacial score (nSPS) is 20.6. The van der Waals surface area contributed by atoms with Gasteiger partial charge in [0.2, 0.25) is 5.91 Å². The summed E-state index contributed by atoms with van der Waals surface area (Å²) in [5.74, 6) is -5.13. The second-order valence-electron chi connectivity index (χ2n) is 7.68. The summed E-state index contributed by atoms with van der Waals surface area (Å²) in [7, 11) is 0. The molecule has 0 aromatic heterocycles. The number of rotatable bonds is 5. The zero-order chi connectivity index (χ0) is 25.0. The van der Waals surface area contributed by atoms with E-state index in [1.807, 2.05) is 0 Å². The highest BCUT2D eigenvalue weighted by Gasteiger charge is 2.80. The quantitative estimate of drug-likeness (QED) is 0.332. The van der Waals surface area contributed by atoms with Crippen LogP contribution < -0.4 is 11.1 Å². The zero-order valence-corrected chi connectivity index (χ0v) is 20.6. The van der Waals surface area contributed by atoms with Gasteiger partial charge in [-0.3, -0.25) is 9.59 Å². The Balaban J connectivity index is 1.77. The number of alkyl halides is 2. The SMILES string of the molecule is NC(=O)C1(c2ccc(Cl)c(NC(=O)c3cccc(F)c3F)c2)C(c2cc(Cl)cc(Cl)c2)C1(Cl)Cl. The first-order chi connectivity index (χ1) is 15.9. The minimum atomic E-state index is -1.68. The second kappa shape index (κ2) is 8.85. The lowest BCUT2D eigenvalue weighted by atomic mass is 9.89. The number of carbonyl (C=O) groups excluding carboxylic acids is 2. The summed E-state index contributed by atoms with van der Waals surface area (Å²) in [4.78, 5) is 25.3. The molecule has 3 N–H and O–H groups in total. The van der Waals surface area contributed by atoms with Crippen LogP contribution in [0.3, 0.4) is 0 Å². The molecule has 0 radical (unpaired) electrons. The van der Waals surface area contributed by atoms with E-state index in [9.17, 15) is 18.4 Å². The number of halogens is 7. The smallest absolute Gasteiger partial charge is 0.258 e. The van der Waals surface area contributed by atoms with Crippen molar-refractivity contribution in [3.8, 4) is 0 Å². The van der Waals surface area contributed by atoms with Crippen LogP contribution in [-0.2, 0) is 10.2 Å². The first-order valence-electron chi connectivity index (χ1n) is 9.60. The van der Waals surface area contributed by atoms with Crippen LogP contribution in [0.4, 0.5) is 14.5 Å². The third kappa shape index (κ3) is 3.91. The van der Waals surface area contributed by atoms with Crippen LogP contribution in [0.25, 0.3) is 0 Å². The molecule has 1 fully saturated rings. The number of carbonyl (C=O) groups is 2. The van der Waals surface area contributed by atoms with Gasteiger partial charge in [-0.25, -0.2) is 8.78 Å². The van der Waals surface area contributed by atoms with E-state index in [1.54, 1.807) is 12.1 Å². The first kappa shape index (κ1) is 25.0. The van der Waals surface area contributed by atoms with Gasteiger partial charge in [-0.05, 0) is 53.6 Å². The number of nitrogens with one attached hydrogen (secondary N) is 1. The van der Waals surface area contributed by atoms with Crippen LogP contribution in [-0.4, -0.2) is 16.1 Å². The minimum Gasteiger partial charge on any atom is -0.369 e. The monoisotopic (exact) mass is 562 g/mol. The molecule has 0 saturated heterocycles. The molecular weight excluding hydrogens is 552 g/mol. The van der Waals surface area contributed by atoms with E-state index < -0.39 is 44.7 Å². The van der Waals surface area contributed by atoms with Crippen molar-refractivity contribution in [2.75, 3.05) is 5.32 Å². The van der Waals surface area contributed by atoms with Crippen molar-refractivity contribution in [3.63, 3.8) is 0 Å². The summed E-state index contributed by atoms with van der Waals surface area (Å²) in [5, 5.41) is 3.08. The maximum atomic E-state index is 14.1. The third-order valence-corrected chi connectivity index (χ3v) is 7.51. The van der Waals surface area contributed by atoms with Gasteiger partial charge in [0, 0.05) is 16.0 Å². The predicted molar refractivity (Wildman–Crippen MR) is 130 cm³/mol. The van der Waals surface area contributed by atoms with Crippen molar-refractivity contribution in [1.82, 2.24) is 0 Å². The summed E-state index contributed by atoms with van der Waals surface area (Å²) in [6.45, 7) is 0. The molecule has 0 heterocycles. The van der Waals surface area contributed by atoms with Crippen molar-refractivity contribution in [2.24, 2.45) is 5.73 Å². The van der Waals surface area contributed by atoms with Crippen molar-refractivity contribution in [2.45, 2.75) is 15.7 Å². The summed E-state index contributed by atoms with van der Waals surface area (Å²) < 4.78 is 25.9. The molecule has 3 aromatic carbocycles. The summed E-state index contributed by atoms with van der Waals surface area (Å²) in [6, 6.07) is 12.0. The molecule has 2 atom stereocenters. The lowest BCUT2D eigenvalue weighted by Crippen LogP contribution is -2.34. The fraction of sp³-hybridized carbons (Fsp3) is 0.130. The maximum Gasteiger partial charge on any atom is 0.258 e. The molecule has 11 heteroatoms. The third-order valence-electron chi connectivity index (χ3n) is 5.71. The number of hydrogen-bond acceptors (Lipinski definition) is 2. The van der Waals surface area contributed by atoms with Gasteiger partial charge in [0.25, 0.3) is 5.91 Å². The average Bonchev–Trinajstić information content (AvgIpc) is 3.28. The highest BCUT2D eigenvalue weighted by atomic mass is 35.5. The van der Waals surface area contributed by atoms with Gasteiger partial charge >= 0.3 is 0 Å². The van der Waals surface area contributed by atoms with E-state index in [1.165, 1.54) is 30.3 Å². The number of anilines is 1. The molecule has 34 heavy (non-hydrogen) atoms. The molecule has 0 spiro atoms. The lowest BCUT2D eigenvalue weighted by molar-refractivity contribution is -0.120. The molecule has 0 bridgehead atoms. The molecule has 1 aliphatic carbocycles. The van der Waals surface area contributed by atoms with E-state index in [0.717, 1.165) is 12.1 Å². The van der Waals surface area contributed by atoms with Crippen LogP contribution in [0, 0.1) is 11.6 Å². The van der Waals surface area contributed by atoms with Gasteiger partial charge in [-0.1, -0.05) is 70.1 Å². The largest absolute Gasteiger partial charge is 0.369 e. The number of primary amides is 1. The van der Waals surface area contributed by atoms with Crippen LogP contribution in [0.5, 0.6) is 0 Å². The second-order valence-corrected chi connectivity index (χ2v) is 10.3. The summed E-state index contributed by atoms with van der Waals surface area (Å²) in [5.41, 5.74) is 4.34. The molecule has 2 amide bonds. The van der Waals surface area contributed by atoms with Gasteiger partial charge < -0.3 is 11.1 Å². The highest BCUT2D eigenvalue weighted by molar-refractivity contribution is 6.55. The van der Waals surface area contributed by atoms with E-state index in [2.05, 4.69) is 5.32 Å². The standard InChI is InChI=1S/C23H13Cl5F2N2O2/c24-12-6-10(7-13(25)9-12)19-22(21(31)34,23(19,27)28)11-4-5-15(26)17(8-11)32-20(33)14-2-1-3-16(29)18(14)30/h1-9,19H,(H2,31,34)(H,32,33). The Kier molecular flexibility index (Phi) is 6.51. The topological polar surface area (TPSA) is 72.2 Å². The fourth-order valence-electron chi connectivity index (χ4n) is 4.15. The lowest BCUT2D eigenvalue weighted by Gasteiger charge is -2.18. The van der Waals surface area contributed by atoms with E-state index >= 15 is 0 Å². The molecule has 4 rings (SSSR count). The molecule has 3 aromatic rings. The Bertz CT molecular complexity index is 1330. The Morgan fingerprint density at radius 1 is 0.941 bits per heavy atom. The van der Waals surface area contributed by atoms with Crippen LogP contribution >= 0.6 is 58.0 Å². The van der Waals surface area contributed by atoms with Gasteiger partial charge in [0.1, 0.15) is 9.75 Å². The molecule has 176 valence electrons. The van der Waals surface area contributed by atoms with Crippen LogP contribution in [0.15, 0.2) is 54.6 Å². The Hall–Kier alpha value is -2.09. The van der Waals surface area contributed by atoms with Gasteiger partial charge in [-0.2, -0.15) is 0 Å². The average molecular weight is 565 g/mol. The molecule has 4 nitrogen and oxygen atoms in total. The molecule has 1 saturated carbocycles. The zero-order valence-electron chi connectivity index (χ0n) is 16.8. The first-order valence-corrected chi connectivity index (χ1v) is 11.5. The van der Waals surface area contributed by atoms with Crippen LogP contribution in [0.2, 0.25) is 15.1 Å². The van der Waals surface area contributed by atoms with Crippen molar-refractivity contribution >= 4 is 75.5 Å². The van der Waals surface area contributed by atoms with Crippen molar-refractivity contribution < 1.29 is 18.4 Å². The maximum absolute atomic E-state index is 14.1. The molecule has 1 aliphatic rings. The number of nitrogens with two attached hydrogens (primary N) is 1. The van der Waals surface area contributed by atoms with Crippen LogP contribution in [0.1, 0.15) is 27.4 Å². The summed E-state index contributed by atoms with van der Waals surface area (Å²) >= 11 is 31.6.